The molecule has 0 radical (unpaired) electrons. The summed E-state index contributed by atoms with van der Waals surface area (Å²) in [6.45, 7) is 1.44. The van der Waals surface area contributed by atoms with Gasteiger partial charge in [0.25, 0.3) is 5.91 Å². The first-order valence-electron chi connectivity index (χ1n) is 7.35. The Hall–Kier alpha value is -2.78. The van der Waals surface area contributed by atoms with Gasteiger partial charge in [0.2, 0.25) is 5.82 Å². The lowest BCUT2D eigenvalue weighted by molar-refractivity contribution is -0.147. The average molecular weight is 358 g/mol. The van der Waals surface area contributed by atoms with E-state index in [9.17, 15) is 22.8 Å². The maximum absolute atomic E-state index is 12.7. The van der Waals surface area contributed by atoms with Crippen LogP contribution in [0.5, 0.6) is 5.75 Å². The highest BCUT2D eigenvalue weighted by Crippen LogP contribution is 2.25. The van der Waals surface area contributed by atoms with Crippen LogP contribution in [0.15, 0.2) is 29.1 Å². The molecule has 0 saturated carbocycles. The number of alkyl halides is 3. The van der Waals surface area contributed by atoms with E-state index in [1.165, 1.54) is 0 Å². The van der Waals surface area contributed by atoms with E-state index in [1.54, 1.807) is 12.1 Å². The van der Waals surface area contributed by atoms with Gasteiger partial charge in [-0.3, -0.25) is 9.36 Å². The first kappa shape index (κ1) is 18.6. The Morgan fingerprint density at radius 1 is 1.28 bits per heavy atom. The molecule has 0 unspecified atom stereocenters. The van der Waals surface area contributed by atoms with Crippen LogP contribution in [-0.2, 0) is 24.6 Å². The SMILES string of the molecule is Cc1ccc(OCC(=O)NCCn2nc(C(F)(F)F)n(C)c2=O)cc1. The highest BCUT2D eigenvalue weighted by molar-refractivity contribution is 5.77. The lowest BCUT2D eigenvalue weighted by Gasteiger charge is -2.07. The van der Waals surface area contributed by atoms with E-state index >= 15 is 0 Å². The minimum Gasteiger partial charge on any atom is -0.484 e. The van der Waals surface area contributed by atoms with Crippen LogP contribution in [0, 0.1) is 6.92 Å². The molecule has 1 heterocycles. The third-order valence-electron chi connectivity index (χ3n) is 3.33. The normalized spacial score (nSPS) is 11.4. The molecular formula is C15H17F3N4O3. The number of aryl methyl sites for hydroxylation is 1. The Kier molecular flexibility index (Phi) is 5.50. The van der Waals surface area contributed by atoms with Crippen molar-refractivity contribution >= 4 is 5.91 Å². The van der Waals surface area contributed by atoms with Crippen molar-refractivity contribution in [3.63, 3.8) is 0 Å². The summed E-state index contributed by atoms with van der Waals surface area (Å²) in [6.07, 6.45) is -4.72. The maximum Gasteiger partial charge on any atom is 0.451 e. The van der Waals surface area contributed by atoms with Crippen molar-refractivity contribution in [2.24, 2.45) is 7.05 Å². The van der Waals surface area contributed by atoms with Crippen LogP contribution in [0.3, 0.4) is 0 Å². The van der Waals surface area contributed by atoms with Gasteiger partial charge in [-0.15, -0.1) is 5.10 Å². The number of halogens is 3. The standard InChI is InChI=1S/C15H17F3N4O3/c1-10-3-5-11(6-4-10)25-9-12(23)19-7-8-22-14(24)21(2)13(20-22)15(16,17)18/h3-6H,7-9H2,1-2H3,(H,19,23). The van der Waals surface area contributed by atoms with Crippen molar-refractivity contribution in [1.29, 1.82) is 0 Å². The summed E-state index contributed by atoms with van der Waals surface area (Å²) in [7, 11) is 0.989. The molecule has 0 saturated heterocycles. The summed E-state index contributed by atoms with van der Waals surface area (Å²) in [6, 6.07) is 7.10. The zero-order valence-corrected chi connectivity index (χ0v) is 13.6. The van der Waals surface area contributed by atoms with Gasteiger partial charge in [0.15, 0.2) is 6.61 Å². The second-order valence-corrected chi connectivity index (χ2v) is 5.34. The highest BCUT2D eigenvalue weighted by Gasteiger charge is 2.37. The van der Waals surface area contributed by atoms with Gasteiger partial charge in [0, 0.05) is 13.6 Å². The molecule has 0 aliphatic carbocycles. The fraction of sp³-hybridized carbons (Fsp3) is 0.400. The second kappa shape index (κ2) is 7.41. The Morgan fingerprint density at radius 3 is 2.48 bits per heavy atom. The number of carbonyl (C=O) groups is 1. The number of nitrogens with one attached hydrogen (secondary N) is 1. The molecule has 0 aliphatic rings. The van der Waals surface area contributed by atoms with Crippen molar-refractivity contribution in [3.8, 4) is 5.75 Å². The van der Waals surface area contributed by atoms with Gasteiger partial charge in [0.05, 0.1) is 6.54 Å². The zero-order chi connectivity index (χ0) is 18.6. The molecule has 0 spiro atoms. The van der Waals surface area contributed by atoms with Crippen molar-refractivity contribution in [1.82, 2.24) is 19.7 Å². The van der Waals surface area contributed by atoms with E-state index in [-0.39, 0.29) is 19.7 Å². The topological polar surface area (TPSA) is 78.2 Å². The van der Waals surface area contributed by atoms with Crippen LogP contribution < -0.4 is 15.7 Å². The fourth-order valence-corrected chi connectivity index (χ4v) is 2.02. The molecular weight excluding hydrogens is 341 g/mol. The Morgan fingerprint density at radius 2 is 1.92 bits per heavy atom. The summed E-state index contributed by atoms with van der Waals surface area (Å²) < 4.78 is 44.3. The zero-order valence-electron chi connectivity index (χ0n) is 13.6. The number of hydrogen-bond donors (Lipinski definition) is 1. The first-order chi connectivity index (χ1) is 11.7. The van der Waals surface area contributed by atoms with Crippen LogP contribution in [0.4, 0.5) is 13.2 Å². The minimum absolute atomic E-state index is 0.0513. The molecule has 2 rings (SSSR count). The number of ether oxygens (including phenoxy) is 1. The second-order valence-electron chi connectivity index (χ2n) is 5.34. The molecule has 136 valence electrons. The molecule has 25 heavy (non-hydrogen) atoms. The van der Waals surface area contributed by atoms with Crippen molar-refractivity contribution in [2.45, 2.75) is 19.6 Å². The summed E-state index contributed by atoms with van der Waals surface area (Å²) in [4.78, 5) is 23.3. The third kappa shape index (κ3) is 4.85. The van der Waals surface area contributed by atoms with Gasteiger partial charge in [-0.05, 0) is 19.1 Å². The monoisotopic (exact) mass is 358 g/mol. The minimum atomic E-state index is -4.72. The summed E-state index contributed by atoms with van der Waals surface area (Å²) >= 11 is 0. The van der Waals surface area contributed by atoms with E-state index in [1.807, 2.05) is 19.1 Å². The van der Waals surface area contributed by atoms with Crippen LogP contribution in [-0.4, -0.2) is 33.4 Å². The van der Waals surface area contributed by atoms with E-state index in [4.69, 9.17) is 4.74 Å². The number of rotatable bonds is 6. The molecule has 7 nitrogen and oxygen atoms in total. The number of benzene rings is 1. The van der Waals surface area contributed by atoms with Crippen molar-refractivity contribution in [2.75, 3.05) is 13.2 Å². The molecule has 0 aliphatic heterocycles. The number of nitrogens with zero attached hydrogens (tertiary/aromatic N) is 3. The smallest absolute Gasteiger partial charge is 0.451 e. The van der Waals surface area contributed by atoms with Crippen molar-refractivity contribution in [3.05, 3.63) is 46.1 Å². The fourth-order valence-electron chi connectivity index (χ4n) is 2.02. The maximum atomic E-state index is 12.7. The molecule has 0 fully saturated rings. The molecule has 1 N–H and O–H groups in total. The predicted octanol–water partition coefficient (Wildman–Crippen LogP) is 1.10. The van der Waals surface area contributed by atoms with E-state index < -0.39 is 23.6 Å². The summed E-state index contributed by atoms with van der Waals surface area (Å²) in [5.41, 5.74) is 0.147. The average Bonchev–Trinajstić information content (AvgIpc) is 2.83. The Bertz CT molecular complexity index is 794. The number of amides is 1. The van der Waals surface area contributed by atoms with E-state index in [2.05, 4.69) is 10.4 Å². The molecule has 0 atom stereocenters. The predicted molar refractivity (Wildman–Crippen MR) is 82.2 cm³/mol. The van der Waals surface area contributed by atoms with E-state index in [0.717, 1.165) is 12.6 Å². The van der Waals surface area contributed by atoms with Crippen molar-refractivity contribution < 1.29 is 22.7 Å². The van der Waals surface area contributed by atoms with Crippen LogP contribution >= 0.6 is 0 Å². The molecule has 1 aromatic carbocycles. The third-order valence-corrected chi connectivity index (χ3v) is 3.33. The van der Waals surface area contributed by atoms with Gasteiger partial charge in [-0.1, -0.05) is 17.7 Å². The Labute approximate surface area is 141 Å². The molecule has 1 amide bonds. The van der Waals surface area contributed by atoms with Crippen LogP contribution in [0.2, 0.25) is 0 Å². The molecule has 2 aromatic rings. The number of hydrogen-bond acceptors (Lipinski definition) is 4. The van der Waals surface area contributed by atoms with Gasteiger partial charge in [-0.25, -0.2) is 9.48 Å². The van der Waals surface area contributed by atoms with Gasteiger partial charge in [-0.2, -0.15) is 13.2 Å². The lowest BCUT2D eigenvalue weighted by atomic mass is 10.2. The van der Waals surface area contributed by atoms with Gasteiger partial charge in [0.1, 0.15) is 5.75 Å². The first-order valence-corrected chi connectivity index (χ1v) is 7.35. The van der Waals surface area contributed by atoms with E-state index in [0.29, 0.717) is 15.0 Å². The quantitative estimate of drug-likeness (QED) is 0.839. The highest BCUT2D eigenvalue weighted by atomic mass is 19.4. The largest absolute Gasteiger partial charge is 0.484 e. The summed E-state index contributed by atoms with van der Waals surface area (Å²) in [5.74, 6) is -1.22. The molecule has 1 aromatic heterocycles. The van der Waals surface area contributed by atoms with Crippen LogP contribution in [0.25, 0.3) is 0 Å². The number of carbonyl (C=O) groups excluding carboxylic acids is 1. The Balaban J connectivity index is 1.83. The molecule has 10 heteroatoms. The van der Waals surface area contributed by atoms with Gasteiger partial charge < -0.3 is 10.1 Å². The number of aromatic nitrogens is 3. The summed E-state index contributed by atoms with van der Waals surface area (Å²) in [5, 5.41) is 5.69. The molecule has 0 bridgehead atoms. The van der Waals surface area contributed by atoms with Gasteiger partial charge >= 0.3 is 11.9 Å². The van der Waals surface area contributed by atoms with Crippen LogP contribution in [0.1, 0.15) is 11.4 Å². The lowest BCUT2D eigenvalue weighted by Crippen LogP contribution is -2.34.